The van der Waals surface area contributed by atoms with Crippen LogP contribution in [0.25, 0.3) is 0 Å². The molecule has 0 unspecified atom stereocenters. The van der Waals surface area contributed by atoms with Gasteiger partial charge < -0.3 is 5.43 Å². The molecule has 0 amide bonds. The zero-order chi connectivity index (χ0) is 7.56. The van der Waals surface area contributed by atoms with Gasteiger partial charge in [0, 0.05) is 6.07 Å². The summed E-state index contributed by atoms with van der Waals surface area (Å²) in [6.07, 6.45) is 1.34. The maximum Gasteiger partial charge on any atom is 0.164 e. The highest BCUT2D eigenvalue weighted by Crippen LogP contribution is 2.13. The molecule has 1 aromatic heterocycles. The summed E-state index contributed by atoms with van der Waals surface area (Å²) < 4.78 is 12.5. The lowest BCUT2D eigenvalue weighted by Crippen LogP contribution is -2.07. The lowest BCUT2D eigenvalue weighted by molar-refractivity contribution is 0.622. The quantitative estimate of drug-likeness (QED) is 0.444. The van der Waals surface area contributed by atoms with E-state index in [4.69, 9.17) is 17.4 Å². The van der Waals surface area contributed by atoms with Crippen LogP contribution in [0.3, 0.4) is 0 Å². The Morgan fingerprint density at radius 2 is 2.08 bits per heavy atom. The Labute approximate surface area is 86.3 Å². The molecule has 7 heteroatoms. The fourth-order valence-electron chi connectivity index (χ4n) is 0.500. The first kappa shape index (κ1) is 14.2. The van der Waals surface area contributed by atoms with Gasteiger partial charge in [-0.05, 0) is 0 Å². The third kappa shape index (κ3) is 3.40. The van der Waals surface area contributed by atoms with Gasteiger partial charge in [-0.3, -0.25) is 5.84 Å². The first-order chi connectivity index (χ1) is 4.74. The molecule has 3 N–H and O–H groups in total. The van der Waals surface area contributed by atoms with Crippen molar-refractivity contribution in [2.75, 3.05) is 5.43 Å². The van der Waals surface area contributed by atoms with Crippen LogP contribution in [-0.2, 0) is 0 Å². The van der Waals surface area contributed by atoms with Crippen LogP contribution in [0.15, 0.2) is 12.3 Å². The lowest BCUT2D eigenvalue weighted by atomic mass is 10.4. The van der Waals surface area contributed by atoms with Crippen molar-refractivity contribution < 1.29 is 4.39 Å². The number of rotatable bonds is 1. The van der Waals surface area contributed by atoms with Crippen LogP contribution in [0.2, 0.25) is 5.15 Å². The van der Waals surface area contributed by atoms with Gasteiger partial charge in [0.2, 0.25) is 0 Å². The van der Waals surface area contributed by atoms with Crippen LogP contribution in [0.5, 0.6) is 0 Å². The molecule has 12 heavy (non-hydrogen) atoms. The number of nitrogens with zero attached hydrogens (tertiary/aromatic N) is 1. The number of hydrazine groups is 1. The van der Waals surface area contributed by atoms with Gasteiger partial charge in [0.1, 0.15) is 0 Å². The Hall–Kier alpha value is -0.290. The largest absolute Gasteiger partial charge is 0.323 e. The Morgan fingerprint density at radius 3 is 2.50 bits per heavy atom. The molecule has 0 aliphatic rings. The van der Waals surface area contributed by atoms with Gasteiger partial charge in [0.05, 0.1) is 11.9 Å². The summed E-state index contributed by atoms with van der Waals surface area (Å²) in [6.45, 7) is 0. The smallest absolute Gasteiger partial charge is 0.164 e. The zero-order valence-electron chi connectivity index (χ0n) is 5.75. The molecule has 0 spiro atoms. The normalized spacial score (nSPS) is 7.92. The molecule has 0 fully saturated rings. The van der Waals surface area contributed by atoms with Gasteiger partial charge in [-0.15, -0.1) is 24.8 Å². The highest BCUT2D eigenvalue weighted by atomic mass is 35.5. The Morgan fingerprint density at radius 1 is 1.50 bits per heavy atom. The Kier molecular flexibility index (Phi) is 7.42. The number of halogens is 4. The van der Waals surface area contributed by atoms with E-state index < -0.39 is 5.82 Å². The summed E-state index contributed by atoms with van der Waals surface area (Å²) in [5.41, 5.74) is 2.62. The summed E-state index contributed by atoms with van der Waals surface area (Å²) >= 11 is 5.28. The van der Waals surface area contributed by atoms with Crippen molar-refractivity contribution in [3.63, 3.8) is 0 Å². The molecule has 0 aromatic carbocycles. The molecule has 70 valence electrons. The van der Waals surface area contributed by atoms with Crippen molar-refractivity contribution in [3.8, 4) is 0 Å². The predicted molar refractivity (Wildman–Crippen MR) is 51.5 cm³/mol. The second-order valence-electron chi connectivity index (χ2n) is 1.64. The van der Waals surface area contributed by atoms with Crippen LogP contribution < -0.4 is 11.3 Å². The van der Waals surface area contributed by atoms with Gasteiger partial charge in [-0.1, -0.05) is 11.6 Å². The van der Waals surface area contributed by atoms with E-state index in [1.54, 1.807) is 0 Å². The van der Waals surface area contributed by atoms with Crippen LogP contribution in [0.4, 0.5) is 10.1 Å². The van der Waals surface area contributed by atoms with Gasteiger partial charge in [-0.25, -0.2) is 9.37 Å². The number of hydrogen-bond acceptors (Lipinski definition) is 3. The van der Waals surface area contributed by atoms with Crippen LogP contribution in [-0.4, -0.2) is 4.98 Å². The molecule has 0 aliphatic carbocycles. The summed E-state index contributed by atoms with van der Waals surface area (Å²) in [6, 6.07) is 1.16. The second kappa shape index (κ2) is 6.25. The standard InChI is InChI=1S/C5H5ClFN3.2ClH/c6-5-4(7)1-3(10-8)2-9-5;;/h1-2,10H,8H2;2*1H. The van der Waals surface area contributed by atoms with Gasteiger partial charge >= 0.3 is 0 Å². The highest BCUT2D eigenvalue weighted by molar-refractivity contribution is 6.29. The molecule has 0 atom stereocenters. The molecule has 0 saturated carbocycles. The molecule has 1 rings (SSSR count). The number of anilines is 1. The minimum Gasteiger partial charge on any atom is -0.323 e. The lowest BCUT2D eigenvalue weighted by Gasteiger charge is -1.97. The third-order valence-electron chi connectivity index (χ3n) is 0.963. The van der Waals surface area contributed by atoms with Crippen molar-refractivity contribution >= 4 is 42.1 Å². The van der Waals surface area contributed by atoms with E-state index in [-0.39, 0.29) is 30.0 Å². The van der Waals surface area contributed by atoms with E-state index in [1.165, 1.54) is 6.20 Å². The van der Waals surface area contributed by atoms with Crippen LogP contribution in [0, 0.1) is 5.82 Å². The molecule has 0 radical (unpaired) electrons. The SMILES string of the molecule is Cl.Cl.NNc1cnc(Cl)c(F)c1. The first-order valence-corrected chi connectivity index (χ1v) is 2.89. The van der Waals surface area contributed by atoms with Crippen LogP contribution in [0.1, 0.15) is 0 Å². The van der Waals surface area contributed by atoms with Crippen molar-refractivity contribution in [1.82, 2.24) is 4.98 Å². The molecule has 3 nitrogen and oxygen atoms in total. The summed E-state index contributed by atoms with van der Waals surface area (Å²) in [5, 5.41) is -0.154. The number of nitrogens with one attached hydrogen (secondary N) is 1. The summed E-state index contributed by atoms with van der Waals surface area (Å²) in [7, 11) is 0. The van der Waals surface area contributed by atoms with Crippen molar-refractivity contribution in [2.45, 2.75) is 0 Å². The fraction of sp³-hybridized carbons (Fsp3) is 0. The number of pyridine rings is 1. The van der Waals surface area contributed by atoms with Crippen molar-refractivity contribution in [1.29, 1.82) is 0 Å². The molecule has 0 aliphatic heterocycles. The average Bonchev–Trinajstić information content (AvgIpc) is 1.95. The van der Waals surface area contributed by atoms with Crippen LogP contribution >= 0.6 is 36.4 Å². The number of nitrogen functional groups attached to an aromatic ring is 1. The van der Waals surface area contributed by atoms with Gasteiger partial charge in [-0.2, -0.15) is 0 Å². The molecule has 0 bridgehead atoms. The summed E-state index contributed by atoms with van der Waals surface area (Å²) in [4.78, 5) is 3.50. The molecule has 1 heterocycles. The van der Waals surface area contributed by atoms with E-state index in [0.717, 1.165) is 6.07 Å². The van der Waals surface area contributed by atoms with E-state index in [9.17, 15) is 4.39 Å². The number of aromatic nitrogens is 1. The zero-order valence-corrected chi connectivity index (χ0v) is 8.14. The summed E-state index contributed by atoms with van der Waals surface area (Å²) in [5.74, 6) is 4.38. The van der Waals surface area contributed by atoms with E-state index >= 15 is 0 Å². The monoisotopic (exact) mass is 233 g/mol. The third-order valence-corrected chi connectivity index (χ3v) is 1.24. The maximum atomic E-state index is 12.5. The van der Waals surface area contributed by atoms with Gasteiger partial charge in [0.25, 0.3) is 0 Å². The van der Waals surface area contributed by atoms with Crippen molar-refractivity contribution in [2.24, 2.45) is 5.84 Å². The molecular weight excluding hydrogens is 227 g/mol. The fourth-order valence-corrected chi connectivity index (χ4v) is 0.604. The van der Waals surface area contributed by atoms with E-state index in [0.29, 0.717) is 5.69 Å². The van der Waals surface area contributed by atoms with Crippen molar-refractivity contribution in [3.05, 3.63) is 23.2 Å². The Bertz CT molecular complexity index is 245. The average molecular weight is 234 g/mol. The maximum absolute atomic E-state index is 12.5. The molecule has 1 aromatic rings. The highest BCUT2D eigenvalue weighted by Gasteiger charge is 1.99. The van der Waals surface area contributed by atoms with Gasteiger partial charge in [0.15, 0.2) is 11.0 Å². The van der Waals surface area contributed by atoms with E-state index in [1.807, 2.05) is 0 Å². The number of nitrogens with two attached hydrogens (primary N) is 1. The topological polar surface area (TPSA) is 50.9 Å². The minimum atomic E-state index is -0.586. The molecular formula is C5H7Cl3FN3. The first-order valence-electron chi connectivity index (χ1n) is 2.51. The minimum absolute atomic E-state index is 0. The predicted octanol–water partition coefficient (Wildman–Crippen LogP) is 2.00. The molecule has 0 saturated heterocycles. The second-order valence-corrected chi connectivity index (χ2v) is 2.00. The Balaban J connectivity index is 0. The van der Waals surface area contributed by atoms with E-state index in [2.05, 4.69) is 10.4 Å². The number of hydrogen-bond donors (Lipinski definition) is 2.